The summed E-state index contributed by atoms with van der Waals surface area (Å²) in [6.07, 6.45) is 2.21. The highest BCUT2D eigenvalue weighted by atomic mass is 16.5. The Kier molecular flexibility index (Phi) is 4.07. The minimum absolute atomic E-state index is 0.0117. The Morgan fingerprint density at radius 1 is 1.38 bits per heavy atom. The van der Waals surface area contributed by atoms with E-state index in [1.807, 2.05) is 31.2 Å². The summed E-state index contributed by atoms with van der Waals surface area (Å²) in [5.41, 5.74) is 4.16. The third kappa shape index (κ3) is 2.60. The SMILES string of the molecule is C=CC1=C(C(=O)N2Cc3cc4ccccc4nc3C2)COC(=O)[C@@H]1CC. The number of ether oxygens (including phenoxy) is 1. The number of esters is 1. The summed E-state index contributed by atoms with van der Waals surface area (Å²) in [6, 6.07) is 10.0. The number of para-hydroxylation sites is 1. The highest BCUT2D eigenvalue weighted by molar-refractivity contribution is 5.98. The van der Waals surface area contributed by atoms with E-state index in [0.29, 0.717) is 30.7 Å². The maximum Gasteiger partial charge on any atom is 0.313 e. The molecule has 1 aromatic carbocycles. The Bertz CT molecular complexity index is 916. The molecule has 0 saturated carbocycles. The second-order valence-electron chi connectivity index (χ2n) is 6.65. The third-order valence-electron chi connectivity index (χ3n) is 5.14. The zero-order valence-electron chi connectivity index (χ0n) is 14.7. The van der Waals surface area contributed by atoms with Crippen LogP contribution in [0.25, 0.3) is 10.9 Å². The molecule has 0 unspecified atom stereocenters. The topological polar surface area (TPSA) is 59.5 Å². The summed E-state index contributed by atoms with van der Waals surface area (Å²) < 4.78 is 5.24. The fraction of sp³-hybridized carbons (Fsp3) is 0.286. The van der Waals surface area contributed by atoms with Crippen LogP contribution in [-0.2, 0) is 27.4 Å². The molecule has 5 nitrogen and oxygen atoms in total. The number of hydrogen-bond acceptors (Lipinski definition) is 4. The van der Waals surface area contributed by atoms with E-state index in [1.165, 1.54) is 0 Å². The molecule has 0 fully saturated rings. The zero-order chi connectivity index (χ0) is 18.3. The number of cyclic esters (lactones) is 1. The van der Waals surface area contributed by atoms with Gasteiger partial charge < -0.3 is 9.64 Å². The number of pyridine rings is 1. The molecule has 5 heteroatoms. The van der Waals surface area contributed by atoms with Crippen LogP contribution in [0.1, 0.15) is 24.6 Å². The van der Waals surface area contributed by atoms with E-state index in [-0.39, 0.29) is 18.5 Å². The smallest absolute Gasteiger partial charge is 0.313 e. The van der Waals surface area contributed by atoms with Gasteiger partial charge in [0.1, 0.15) is 6.61 Å². The van der Waals surface area contributed by atoms with Crippen LogP contribution in [0.5, 0.6) is 0 Å². The maximum absolute atomic E-state index is 13.1. The number of nitrogens with zero attached hydrogens (tertiary/aromatic N) is 2. The number of amides is 1. The van der Waals surface area contributed by atoms with Crippen LogP contribution in [0.2, 0.25) is 0 Å². The van der Waals surface area contributed by atoms with Crippen LogP contribution in [-0.4, -0.2) is 28.4 Å². The van der Waals surface area contributed by atoms with Crippen molar-refractivity contribution >= 4 is 22.8 Å². The molecule has 1 atom stereocenters. The Hall–Kier alpha value is -2.95. The predicted molar refractivity (Wildman–Crippen MR) is 98.0 cm³/mol. The summed E-state index contributed by atoms with van der Waals surface area (Å²) in [4.78, 5) is 31.5. The Morgan fingerprint density at radius 2 is 2.19 bits per heavy atom. The molecule has 0 saturated heterocycles. The van der Waals surface area contributed by atoms with Gasteiger partial charge in [0.25, 0.3) is 5.91 Å². The number of carbonyl (C=O) groups is 2. The molecule has 4 rings (SSSR count). The first kappa shape index (κ1) is 16.5. The first-order valence-corrected chi connectivity index (χ1v) is 8.81. The van der Waals surface area contributed by atoms with Gasteiger partial charge in [-0.3, -0.25) is 14.6 Å². The minimum Gasteiger partial charge on any atom is -0.460 e. The summed E-state index contributed by atoms with van der Waals surface area (Å²) in [7, 11) is 0. The van der Waals surface area contributed by atoms with Crippen LogP contribution in [0.3, 0.4) is 0 Å². The quantitative estimate of drug-likeness (QED) is 0.800. The van der Waals surface area contributed by atoms with Crippen molar-refractivity contribution in [2.75, 3.05) is 6.61 Å². The molecule has 0 bridgehead atoms. The van der Waals surface area contributed by atoms with Gasteiger partial charge in [-0.05, 0) is 29.7 Å². The lowest BCUT2D eigenvalue weighted by Gasteiger charge is -2.27. The monoisotopic (exact) mass is 348 g/mol. The van der Waals surface area contributed by atoms with Gasteiger partial charge in [0.15, 0.2) is 0 Å². The summed E-state index contributed by atoms with van der Waals surface area (Å²) in [6.45, 7) is 6.71. The number of rotatable bonds is 3. The number of fused-ring (bicyclic) bond motifs is 2. The number of hydrogen-bond donors (Lipinski definition) is 0. The van der Waals surface area contributed by atoms with E-state index in [0.717, 1.165) is 22.2 Å². The van der Waals surface area contributed by atoms with Crippen molar-refractivity contribution in [2.24, 2.45) is 5.92 Å². The fourth-order valence-electron chi connectivity index (χ4n) is 3.75. The predicted octanol–water partition coefficient (Wildman–Crippen LogP) is 3.14. The van der Waals surface area contributed by atoms with Crippen LogP contribution in [0, 0.1) is 5.92 Å². The lowest BCUT2D eigenvalue weighted by Crippen LogP contribution is -2.35. The van der Waals surface area contributed by atoms with Crippen LogP contribution in [0.15, 0.2) is 54.1 Å². The highest BCUT2D eigenvalue weighted by Crippen LogP contribution is 2.31. The Balaban J connectivity index is 1.66. The van der Waals surface area contributed by atoms with E-state index >= 15 is 0 Å². The third-order valence-corrected chi connectivity index (χ3v) is 5.14. The van der Waals surface area contributed by atoms with Crippen LogP contribution in [0.4, 0.5) is 0 Å². The molecule has 26 heavy (non-hydrogen) atoms. The Labute approximate surface area is 152 Å². The molecule has 2 aliphatic heterocycles. The second kappa shape index (κ2) is 6.41. The van der Waals surface area contributed by atoms with Crippen molar-refractivity contribution in [1.82, 2.24) is 9.88 Å². The van der Waals surface area contributed by atoms with Crippen molar-refractivity contribution in [1.29, 1.82) is 0 Å². The molecule has 2 aliphatic rings. The molecular weight excluding hydrogens is 328 g/mol. The van der Waals surface area contributed by atoms with E-state index in [9.17, 15) is 9.59 Å². The van der Waals surface area contributed by atoms with E-state index < -0.39 is 5.92 Å². The molecule has 0 N–H and O–H groups in total. The van der Waals surface area contributed by atoms with Gasteiger partial charge in [-0.25, -0.2) is 0 Å². The first-order chi connectivity index (χ1) is 12.6. The molecule has 0 aliphatic carbocycles. The van der Waals surface area contributed by atoms with Gasteiger partial charge in [0.05, 0.1) is 29.2 Å². The largest absolute Gasteiger partial charge is 0.460 e. The van der Waals surface area contributed by atoms with Crippen molar-refractivity contribution in [3.63, 3.8) is 0 Å². The van der Waals surface area contributed by atoms with E-state index in [1.54, 1.807) is 11.0 Å². The minimum atomic E-state index is -0.411. The molecule has 0 spiro atoms. The standard InChI is InChI=1S/C21H20N2O3/c1-3-15-16(4-2)21(25)26-12-17(15)20(24)23-10-14-9-13-7-5-6-8-18(13)22-19(14)11-23/h3,5-9,16H,1,4,10-12H2,2H3/t16-/m1/s1. The van der Waals surface area contributed by atoms with Gasteiger partial charge in [0, 0.05) is 11.9 Å². The molecule has 1 aromatic heterocycles. The number of carbonyl (C=O) groups excluding carboxylic acids is 2. The van der Waals surface area contributed by atoms with Gasteiger partial charge in [0.2, 0.25) is 0 Å². The maximum atomic E-state index is 13.1. The average molecular weight is 348 g/mol. The molecule has 132 valence electrons. The molecule has 1 amide bonds. The highest BCUT2D eigenvalue weighted by Gasteiger charge is 2.35. The molecular formula is C21H20N2O3. The zero-order valence-corrected chi connectivity index (χ0v) is 14.7. The Morgan fingerprint density at radius 3 is 2.96 bits per heavy atom. The van der Waals surface area contributed by atoms with Gasteiger partial charge in [-0.15, -0.1) is 0 Å². The lowest BCUT2D eigenvalue weighted by atomic mass is 9.89. The lowest BCUT2D eigenvalue weighted by molar-refractivity contribution is -0.148. The van der Waals surface area contributed by atoms with Gasteiger partial charge >= 0.3 is 5.97 Å². The van der Waals surface area contributed by atoms with Crippen LogP contribution < -0.4 is 0 Å². The fourth-order valence-corrected chi connectivity index (χ4v) is 3.75. The summed E-state index contributed by atoms with van der Waals surface area (Å²) in [5.74, 6) is -0.796. The molecule has 2 aromatic rings. The average Bonchev–Trinajstić information content (AvgIpc) is 3.07. The normalized spacial score (nSPS) is 19.5. The van der Waals surface area contributed by atoms with Crippen molar-refractivity contribution in [3.8, 4) is 0 Å². The van der Waals surface area contributed by atoms with Crippen molar-refractivity contribution in [3.05, 3.63) is 65.4 Å². The number of aromatic nitrogens is 1. The van der Waals surface area contributed by atoms with Gasteiger partial charge in [-0.1, -0.05) is 37.8 Å². The van der Waals surface area contributed by atoms with E-state index in [4.69, 9.17) is 9.72 Å². The second-order valence-corrected chi connectivity index (χ2v) is 6.65. The summed E-state index contributed by atoms with van der Waals surface area (Å²) in [5, 5.41) is 1.07. The van der Waals surface area contributed by atoms with Crippen molar-refractivity contribution in [2.45, 2.75) is 26.4 Å². The summed E-state index contributed by atoms with van der Waals surface area (Å²) >= 11 is 0. The molecule has 0 radical (unpaired) electrons. The number of benzene rings is 1. The first-order valence-electron chi connectivity index (χ1n) is 8.81. The van der Waals surface area contributed by atoms with E-state index in [2.05, 4.69) is 12.6 Å². The molecule has 3 heterocycles. The van der Waals surface area contributed by atoms with Crippen LogP contribution >= 0.6 is 0 Å². The van der Waals surface area contributed by atoms with Crippen molar-refractivity contribution < 1.29 is 14.3 Å². The number of allylic oxidation sites excluding steroid dienone is 1. The van der Waals surface area contributed by atoms with Gasteiger partial charge in [-0.2, -0.15) is 0 Å².